The van der Waals surface area contributed by atoms with Crippen LogP contribution in [0.1, 0.15) is 11.5 Å². The van der Waals surface area contributed by atoms with E-state index in [1.807, 2.05) is 0 Å². The third kappa shape index (κ3) is 4.33. The topological polar surface area (TPSA) is 100 Å². The van der Waals surface area contributed by atoms with E-state index in [4.69, 9.17) is 22.2 Å². The summed E-state index contributed by atoms with van der Waals surface area (Å²) in [6, 6.07) is 10.4. The number of nitrogens with two attached hydrogens (primary N) is 1. The van der Waals surface area contributed by atoms with Crippen LogP contribution < -0.4 is 16.1 Å². The molecular weight excluding hydrogens is 419 g/mol. The van der Waals surface area contributed by atoms with Crippen molar-refractivity contribution in [1.82, 2.24) is 24.3 Å². The largest absolute Gasteiger partial charge is 0.486 e. The maximum Gasteiger partial charge on any atom is 0.258 e. The third-order valence-corrected chi connectivity index (χ3v) is 5.14. The Kier molecular flexibility index (Phi) is 5.36. The van der Waals surface area contributed by atoms with Gasteiger partial charge in [0.25, 0.3) is 5.56 Å². The highest BCUT2D eigenvalue weighted by Gasteiger charge is 2.12. The molecule has 0 atom stereocenters. The summed E-state index contributed by atoms with van der Waals surface area (Å²) in [5.74, 6) is 6.95. The van der Waals surface area contributed by atoms with Crippen LogP contribution in [0.25, 0.3) is 5.65 Å². The van der Waals surface area contributed by atoms with Crippen LogP contribution in [0, 0.1) is 5.82 Å². The quantitative estimate of drug-likeness (QED) is 0.369. The van der Waals surface area contributed by atoms with E-state index in [0.29, 0.717) is 38.8 Å². The first-order chi connectivity index (χ1) is 14.0. The lowest BCUT2D eigenvalue weighted by Crippen LogP contribution is -2.16. The molecular formula is C18H14ClFN6O2S. The lowest BCUT2D eigenvalue weighted by Gasteiger charge is -2.07. The van der Waals surface area contributed by atoms with Gasteiger partial charge in [-0.1, -0.05) is 23.4 Å². The fraction of sp³-hybridized carbons (Fsp3) is 0.111. The number of nitrogen functional groups attached to an aromatic ring is 1. The average Bonchev–Trinajstić information content (AvgIpc) is 3.06. The summed E-state index contributed by atoms with van der Waals surface area (Å²) in [4.78, 5) is 16.7. The number of ether oxygens (including phenoxy) is 1. The Bertz CT molecular complexity index is 1230. The van der Waals surface area contributed by atoms with Crippen LogP contribution in [0.4, 0.5) is 4.39 Å². The first kappa shape index (κ1) is 19.2. The normalized spacial score (nSPS) is 11.1. The predicted molar refractivity (Wildman–Crippen MR) is 107 cm³/mol. The summed E-state index contributed by atoms with van der Waals surface area (Å²) in [5, 5.41) is 8.94. The van der Waals surface area contributed by atoms with Crippen molar-refractivity contribution in [3.63, 3.8) is 0 Å². The van der Waals surface area contributed by atoms with Crippen molar-refractivity contribution in [3.05, 3.63) is 81.4 Å². The van der Waals surface area contributed by atoms with E-state index in [-0.39, 0.29) is 18.0 Å². The molecule has 4 aromatic rings. The van der Waals surface area contributed by atoms with Crippen molar-refractivity contribution >= 4 is 29.0 Å². The van der Waals surface area contributed by atoms with E-state index in [1.54, 1.807) is 12.1 Å². The van der Waals surface area contributed by atoms with E-state index in [1.165, 1.54) is 57.4 Å². The van der Waals surface area contributed by atoms with Gasteiger partial charge in [-0.3, -0.25) is 9.20 Å². The zero-order chi connectivity index (χ0) is 20.4. The molecule has 3 heterocycles. The van der Waals surface area contributed by atoms with Crippen LogP contribution in [-0.2, 0) is 12.4 Å². The maximum absolute atomic E-state index is 12.9. The van der Waals surface area contributed by atoms with Crippen molar-refractivity contribution < 1.29 is 9.13 Å². The van der Waals surface area contributed by atoms with Gasteiger partial charge in [0, 0.05) is 18.0 Å². The van der Waals surface area contributed by atoms with Gasteiger partial charge in [-0.15, -0.1) is 10.2 Å². The highest BCUT2D eigenvalue weighted by atomic mass is 35.5. The summed E-state index contributed by atoms with van der Waals surface area (Å²) >= 11 is 7.20. The van der Waals surface area contributed by atoms with Crippen LogP contribution in [0.2, 0.25) is 5.02 Å². The lowest BCUT2D eigenvalue weighted by atomic mass is 10.3. The zero-order valence-electron chi connectivity index (χ0n) is 14.8. The second-order valence-electron chi connectivity index (χ2n) is 5.96. The average molecular weight is 433 g/mol. The molecule has 2 N–H and O–H groups in total. The minimum atomic E-state index is -0.344. The number of nitrogens with zero attached hydrogens (tertiary/aromatic N) is 5. The molecule has 0 radical (unpaired) electrons. The molecule has 0 amide bonds. The summed E-state index contributed by atoms with van der Waals surface area (Å²) in [5.41, 5.74) is 0.852. The number of hydrogen-bond acceptors (Lipinski definition) is 7. The third-order valence-electron chi connectivity index (χ3n) is 3.94. The summed E-state index contributed by atoms with van der Waals surface area (Å²) in [7, 11) is 0. The molecule has 8 nitrogen and oxygen atoms in total. The second kappa shape index (κ2) is 8.10. The van der Waals surface area contributed by atoms with Crippen molar-refractivity contribution in [2.24, 2.45) is 0 Å². The standard InChI is InChI=1S/C18H14ClFN6O2S/c19-11-1-6-15-22-13(7-17(27)25(15)8-11)10-29-18-24-23-16(26(18)21)9-28-14-4-2-12(20)3-5-14/h1-8H,9-10,21H2. The van der Waals surface area contributed by atoms with Crippen LogP contribution >= 0.6 is 23.4 Å². The first-order valence-electron chi connectivity index (χ1n) is 8.38. The van der Waals surface area contributed by atoms with Crippen LogP contribution in [0.3, 0.4) is 0 Å². The molecule has 0 fully saturated rings. The minimum Gasteiger partial charge on any atom is -0.486 e. The molecule has 0 saturated carbocycles. The van der Waals surface area contributed by atoms with Crippen LogP contribution in [-0.4, -0.2) is 24.3 Å². The molecule has 11 heteroatoms. The van der Waals surface area contributed by atoms with Gasteiger partial charge in [-0.25, -0.2) is 14.1 Å². The van der Waals surface area contributed by atoms with Gasteiger partial charge < -0.3 is 10.6 Å². The first-order valence-corrected chi connectivity index (χ1v) is 9.74. The highest BCUT2D eigenvalue weighted by Crippen LogP contribution is 2.20. The van der Waals surface area contributed by atoms with Crippen LogP contribution in [0.5, 0.6) is 5.75 Å². The Morgan fingerprint density at radius 2 is 1.97 bits per heavy atom. The fourth-order valence-corrected chi connectivity index (χ4v) is 3.45. The molecule has 29 heavy (non-hydrogen) atoms. The smallest absolute Gasteiger partial charge is 0.258 e. The SMILES string of the molecule is Nn1c(COc2ccc(F)cc2)nnc1SCc1cc(=O)n2cc(Cl)ccc2n1. The molecule has 148 valence electrons. The molecule has 0 bridgehead atoms. The molecule has 0 aliphatic carbocycles. The van der Waals surface area contributed by atoms with Gasteiger partial charge in [0.15, 0.2) is 5.82 Å². The summed E-state index contributed by atoms with van der Waals surface area (Å²) in [6.07, 6.45) is 1.52. The van der Waals surface area contributed by atoms with E-state index < -0.39 is 0 Å². The Balaban J connectivity index is 1.44. The van der Waals surface area contributed by atoms with Gasteiger partial charge in [0.05, 0.1) is 10.7 Å². The number of thioether (sulfide) groups is 1. The molecule has 0 spiro atoms. The minimum absolute atomic E-state index is 0.0754. The fourth-order valence-electron chi connectivity index (χ4n) is 2.52. The molecule has 0 unspecified atom stereocenters. The number of pyridine rings is 1. The van der Waals surface area contributed by atoms with Crippen molar-refractivity contribution in [2.75, 3.05) is 5.84 Å². The molecule has 4 rings (SSSR count). The van der Waals surface area contributed by atoms with Gasteiger partial charge >= 0.3 is 0 Å². The van der Waals surface area contributed by atoms with Crippen LogP contribution in [0.15, 0.2) is 58.6 Å². The molecule has 0 aliphatic heterocycles. The Morgan fingerprint density at radius 1 is 1.17 bits per heavy atom. The van der Waals surface area contributed by atoms with E-state index in [9.17, 15) is 9.18 Å². The van der Waals surface area contributed by atoms with E-state index >= 15 is 0 Å². The molecule has 1 aromatic carbocycles. The number of benzene rings is 1. The lowest BCUT2D eigenvalue weighted by molar-refractivity contribution is 0.291. The number of aromatic nitrogens is 5. The van der Waals surface area contributed by atoms with Crippen molar-refractivity contribution in [1.29, 1.82) is 0 Å². The molecule has 3 aromatic heterocycles. The Morgan fingerprint density at radius 3 is 2.76 bits per heavy atom. The Hall–Kier alpha value is -3.11. The highest BCUT2D eigenvalue weighted by molar-refractivity contribution is 7.98. The molecule has 0 saturated heterocycles. The van der Waals surface area contributed by atoms with Crippen molar-refractivity contribution in [2.45, 2.75) is 17.5 Å². The number of halogens is 2. The second-order valence-corrected chi connectivity index (χ2v) is 7.34. The summed E-state index contributed by atoms with van der Waals surface area (Å²) < 4.78 is 21.2. The maximum atomic E-state index is 12.9. The predicted octanol–water partition coefficient (Wildman–Crippen LogP) is 2.66. The molecule has 0 aliphatic rings. The number of fused-ring (bicyclic) bond motifs is 1. The summed E-state index contributed by atoms with van der Waals surface area (Å²) in [6.45, 7) is 0.0754. The van der Waals surface area contributed by atoms with Gasteiger partial charge in [0.2, 0.25) is 5.16 Å². The number of rotatable bonds is 6. The van der Waals surface area contributed by atoms with Crippen molar-refractivity contribution in [3.8, 4) is 5.75 Å². The monoisotopic (exact) mass is 432 g/mol. The Labute approximate surface area is 173 Å². The van der Waals surface area contributed by atoms with E-state index in [2.05, 4.69) is 15.2 Å². The van der Waals surface area contributed by atoms with E-state index in [0.717, 1.165) is 0 Å². The number of hydrogen-bond donors (Lipinski definition) is 1. The van der Waals surface area contributed by atoms with Gasteiger partial charge in [-0.05, 0) is 36.4 Å². The zero-order valence-corrected chi connectivity index (χ0v) is 16.4. The van der Waals surface area contributed by atoms with Gasteiger partial charge in [-0.2, -0.15) is 0 Å². The van der Waals surface area contributed by atoms with Gasteiger partial charge in [0.1, 0.15) is 23.8 Å².